The Hall–Kier alpha value is -3.40. The van der Waals surface area contributed by atoms with Crippen molar-refractivity contribution in [2.45, 2.75) is 39.7 Å². The highest BCUT2D eigenvalue weighted by atomic mass is 32.1. The van der Waals surface area contributed by atoms with Gasteiger partial charge in [0, 0.05) is 45.5 Å². The first-order chi connectivity index (χ1) is 16.5. The molecule has 1 aliphatic rings. The lowest BCUT2D eigenvalue weighted by Gasteiger charge is -2.26. The number of hydrogen-bond donors (Lipinski definition) is 2. The van der Waals surface area contributed by atoms with Gasteiger partial charge in [0.1, 0.15) is 6.07 Å². The van der Waals surface area contributed by atoms with E-state index in [0.29, 0.717) is 5.56 Å². The third-order valence-corrected chi connectivity index (χ3v) is 8.01. The average Bonchev–Trinajstić information content (AvgIpc) is 3.28. The van der Waals surface area contributed by atoms with Crippen LogP contribution in [0, 0.1) is 25.2 Å². The molecule has 2 aromatic heterocycles. The standard InChI is InChI=1S/C28H29N5S/c1-18-19(2)25(8-7-24(18)30)32-28-22(14-29)15-31-16-23(28)27-13-21-12-20(6-9-26(21)34-27)17-33-10-4-3-5-11-33/h6-9,12-13,15-16H,3-5,10-11,17,30H2,1-2H3,(H,31,32). The van der Waals surface area contributed by atoms with Crippen LogP contribution in [0.5, 0.6) is 0 Å². The molecular formula is C28H29N5S. The van der Waals surface area contributed by atoms with Gasteiger partial charge in [-0.25, -0.2) is 0 Å². The average molecular weight is 468 g/mol. The maximum absolute atomic E-state index is 9.82. The van der Waals surface area contributed by atoms with Crippen molar-refractivity contribution < 1.29 is 0 Å². The second kappa shape index (κ2) is 9.46. The number of nitriles is 1. The molecule has 5 nitrogen and oxygen atoms in total. The monoisotopic (exact) mass is 467 g/mol. The molecule has 0 spiro atoms. The number of hydrogen-bond acceptors (Lipinski definition) is 6. The Morgan fingerprint density at radius 2 is 1.88 bits per heavy atom. The van der Waals surface area contributed by atoms with E-state index in [-0.39, 0.29) is 0 Å². The number of thiophene rings is 1. The van der Waals surface area contributed by atoms with Gasteiger partial charge in [0.15, 0.2) is 0 Å². The number of nitrogens with two attached hydrogens (primary N) is 1. The van der Waals surface area contributed by atoms with E-state index in [1.54, 1.807) is 17.5 Å². The van der Waals surface area contributed by atoms with Gasteiger partial charge in [0.05, 0.1) is 11.3 Å². The van der Waals surface area contributed by atoms with E-state index in [2.05, 4.69) is 45.5 Å². The highest BCUT2D eigenvalue weighted by Gasteiger charge is 2.16. The van der Waals surface area contributed by atoms with Crippen molar-refractivity contribution in [2.24, 2.45) is 0 Å². The van der Waals surface area contributed by atoms with Crippen molar-refractivity contribution >= 4 is 38.5 Å². The number of benzene rings is 2. The van der Waals surface area contributed by atoms with Crippen molar-refractivity contribution in [1.29, 1.82) is 5.26 Å². The van der Waals surface area contributed by atoms with Gasteiger partial charge >= 0.3 is 0 Å². The van der Waals surface area contributed by atoms with E-state index < -0.39 is 0 Å². The molecule has 5 rings (SSSR count). The summed E-state index contributed by atoms with van der Waals surface area (Å²) in [6, 6.07) is 15.2. The molecule has 0 aliphatic carbocycles. The Kier molecular flexibility index (Phi) is 6.23. The lowest BCUT2D eigenvalue weighted by atomic mass is 10.0. The SMILES string of the molecule is Cc1c(N)ccc(Nc2c(C#N)cncc2-c2cc3cc(CN4CCCCC4)ccc3s2)c1C. The zero-order valence-corrected chi connectivity index (χ0v) is 20.5. The molecule has 0 saturated carbocycles. The Bertz CT molecular complexity index is 1390. The number of fused-ring (bicyclic) bond motifs is 1. The molecule has 34 heavy (non-hydrogen) atoms. The predicted octanol–water partition coefficient (Wildman–Crippen LogP) is 6.76. The maximum Gasteiger partial charge on any atom is 0.103 e. The van der Waals surface area contributed by atoms with Gasteiger partial charge in [-0.3, -0.25) is 9.88 Å². The number of likely N-dealkylation sites (tertiary alicyclic amines) is 1. The molecular weight excluding hydrogens is 438 g/mol. The molecule has 0 amide bonds. The van der Waals surface area contributed by atoms with Crippen LogP contribution in [0.4, 0.5) is 17.1 Å². The van der Waals surface area contributed by atoms with Crippen molar-refractivity contribution in [3.8, 4) is 16.5 Å². The first-order valence-corrected chi connectivity index (χ1v) is 12.6. The van der Waals surface area contributed by atoms with Crippen LogP contribution in [0.1, 0.15) is 41.5 Å². The molecule has 0 bridgehead atoms. The molecule has 2 aromatic carbocycles. The zero-order valence-electron chi connectivity index (χ0n) is 19.7. The predicted molar refractivity (Wildman–Crippen MR) is 143 cm³/mol. The minimum Gasteiger partial charge on any atom is -0.399 e. The number of piperidine rings is 1. The highest BCUT2D eigenvalue weighted by Crippen LogP contribution is 2.40. The second-order valence-electron chi connectivity index (χ2n) is 9.12. The summed E-state index contributed by atoms with van der Waals surface area (Å²) in [6.07, 6.45) is 7.42. The van der Waals surface area contributed by atoms with Crippen molar-refractivity contribution in [2.75, 3.05) is 24.1 Å². The lowest BCUT2D eigenvalue weighted by Crippen LogP contribution is -2.28. The molecule has 1 fully saturated rings. The van der Waals surface area contributed by atoms with Crippen LogP contribution in [0.25, 0.3) is 20.5 Å². The molecule has 3 N–H and O–H groups in total. The van der Waals surface area contributed by atoms with E-state index in [1.165, 1.54) is 48.0 Å². The van der Waals surface area contributed by atoms with Crippen molar-refractivity contribution in [1.82, 2.24) is 9.88 Å². The quantitative estimate of drug-likeness (QED) is 0.317. The molecule has 0 unspecified atom stereocenters. The van der Waals surface area contributed by atoms with Gasteiger partial charge in [-0.1, -0.05) is 12.5 Å². The Balaban J connectivity index is 1.51. The smallest absolute Gasteiger partial charge is 0.103 e. The number of nitrogen functional groups attached to an aromatic ring is 1. The van der Waals surface area contributed by atoms with E-state index in [0.717, 1.165) is 45.2 Å². The summed E-state index contributed by atoms with van der Waals surface area (Å²) >= 11 is 1.74. The fraction of sp³-hybridized carbons (Fsp3) is 0.286. The first kappa shape index (κ1) is 22.4. The van der Waals surface area contributed by atoms with Crippen LogP contribution in [-0.4, -0.2) is 23.0 Å². The lowest BCUT2D eigenvalue weighted by molar-refractivity contribution is 0.221. The van der Waals surface area contributed by atoms with Crippen molar-refractivity contribution in [3.05, 3.63) is 71.0 Å². The Morgan fingerprint density at radius 3 is 2.68 bits per heavy atom. The van der Waals surface area contributed by atoms with E-state index in [1.807, 2.05) is 32.2 Å². The van der Waals surface area contributed by atoms with Gasteiger partial charge in [-0.2, -0.15) is 5.26 Å². The summed E-state index contributed by atoms with van der Waals surface area (Å²) in [5, 5.41) is 14.6. The van der Waals surface area contributed by atoms with E-state index >= 15 is 0 Å². The normalized spacial score (nSPS) is 14.3. The molecule has 6 heteroatoms. The zero-order chi connectivity index (χ0) is 23.7. The minimum absolute atomic E-state index is 0.523. The van der Waals surface area contributed by atoms with E-state index in [9.17, 15) is 5.26 Å². The number of aromatic nitrogens is 1. The van der Waals surface area contributed by atoms with Crippen LogP contribution in [0.3, 0.4) is 0 Å². The van der Waals surface area contributed by atoms with Gasteiger partial charge in [-0.15, -0.1) is 11.3 Å². The molecule has 3 heterocycles. The maximum atomic E-state index is 9.82. The molecule has 4 aromatic rings. The summed E-state index contributed by atoms with van der Waals surface area (Å²) in [7, 11) is 0. The topological polar surface area (TPSA) is 78.0 Å². The number of nitrogens with one attached hydrogen (secondary N) is 1. The van der Waals surface area contributed by atoms with Gasteiger partial charge in [-0.05, 0) is 92.2 Å². The fourth-order valence-electron chi connectivity index (χ4n) is 4.68. The third kappa shape index (κ3) is 4.37. The van der Waals surface area contributed by atoms with Gasteiger partial charge < -0.3 is 11.1 Å². The first-order valence-electron chi connectivity index (χ1n) is 11.8. The van der Waals surface area contributed by atoms with E-state index in [4.69, 9.17) is 5.73 Å². The Morgan fingerprint density at radius 1 is 1.06 bits per heavy atom. The summed E-state index contributed by atoms with van der Waals surface area (Å²) in [5.41, 5.74) is 13.5. The molecule has 172 valence electrons. The van der Waals surface area contributed by atoms with Crippen molar-refractivity contribution in [3.63, 3.8) is 0 Å². The Labute approximate surface area is 204 Å². The largest absolute Gasteiger partial charge is 0.399 e. The number of nitrogens with zero attached hydrogens (tertiary/aromatic N) is 3. The minimum atomic E-state index is 0.523. The number of anilines is 3. The van der Waals surface area contributed by atoms with Gasteiger partial charge in [0.25, 0.3) is 0 Å². The van der Waals surface area contributed by atoms with Crippen LogP contribution in [0.15, 0.2) is 48.8 Å². The summed E-state index contributed by atoms with van der Waals surface area (Å²) in [6.45, 7) is 7.46. The third-order valence-electron chi connectivity index (χ3n) is 6.86. The van der Waals surface area contributed by atoms with Crippen LogP contribution >= 0.6 is 11.3 Å². The second-order valence-corrected chi connectivity index (χ2v) is 10.2. The fourth-order valence-corrected chi connectivity index (χ4v) is 5.74. The molecule has 1 saturated heterocycles. The van der Waals surface area contributed by atoms with Gasteiger partial charge in [0.2, 0.25) is 0 Å². The summed E-state index contributed by atoms with van der Waals surface area (Å²) < 4.78 is 1.24. The van der Waals surface area contributed by atoms with Crippen LogP contribution in [0.2, 0.25) is 0 Å². The highest BCUT2D eigenvalue weighted by molar-refractivity contribution is 7.22. The molecule has 0 atom stereocenters. The number of rotatable bonds is 5. The van der Waals surface area contributed by atoms with Crippen LogP contribution < -0.4 is 11.1 Å². The summed E-state index contributed by atoms with van der Waals surface area (Å²) in [4.78, 5) is 8.02. The van der Waals surface area contributed by atoms with Crippen LogP contribution in [-0.2, 0) is 6.54 Å². The molecule has 1 aliphatic heterocycles. The number of pyridine rings is 1. The summed E-state index contributed by atoms with van der Waals surface area (Å²) in [5.74, 6) is 0. The molecule has 0 radical (unpaired) electrons.